The zero-order chi connectivity index (χ0) is 19.3. The van der Waals surface area contributed by atoms with Gasteiger partial charge in [0.1, 0.15) is 0 Å². The number of hydrogen-bond acceptors (Lipinski definition) is 1. The molecule has 0 saturated heterocycles. The van der Waals surface area contributed by atoms with Crippen LogP contribution in [0.1, 0.15) is 101 Å². The maximum absolute atomic E-state index is 12.0. The minimum Gasteiger partial charge on any atom is -0.294 e. The van der Waals surface area contributed by atoms with E-state index in [-0.39, 0.29) is 5.92 Å². The molecule has 0 aromatic carbocycles. The lowest BCUT2D eigenvalue weighted by molar-refractivity contribution is -0.116. The van der Waals surface area contributed by atoms with Crippen LogP contribution < -0.4 is 0 Å². The van der Waals surface area contributed by atoms with E-state index >= 15 is 0 Å². The second kappa shape index (κ2) is 26.1. The van der Waals surface area contributed by atoms with Crippen molar-refractivity contribution < 1.29 is 4.79 Å². The molecule has 0 bridgehead atoms. The van der Waals surface area contributed by atoms with Gasteiger partial charge in [-0.2, -0.15) is 0 Å². The maximum atomic E-state index is 12.0. The first kappa shape index (κ1) is 30.1. The molecular formula is C22H46O. The van der Waals surface area contributed by atoms with Gasteiger partial charge in [0, 0.05) is 5.92 Å². The van der Waals surface area contributed by atoms with Crippen molar-refractivity contribution in [3.8, 4) is 0 Å². The molecule has 1 aliphatic rings. The van der Waals surface area contributed by atoms with Gasteiger partial charge in [0.05, 0.1) is 0 Å². The summed E-state index contributed by atoms with van der Waals surface area (Å²) >= 11 is 0. The third-order valence-corrected chi connectivity index (χ3v) is 3.21. The average molecular weight is 327 g/mol. The average Bonchev–Trinajstić information content (AvgIpc) is 2.96. The van der Waals surface area contributed by atoms with Crippen molar-refractivity contribution >= 4 is 5.78 Å². The van der Waals surface area contributed by atoms with Crippen LogP contribution in [-0.2, 0) is 4.79 Å². The van der Waals surface area contributed by atoms with E-state index in [1.54, 1.807) is 0 Å². The Bertz CT molecular complexity index is 263. The molecule has 0 amide bonds. The first-order valence-electron chi connectivity index (χ1n) is 10.1. The number of hydrogen-bond donors (Lipinski definition) is 0. The molecule has 0 heterocycles. The molecule has 1 saturated carbocycles. The fourth-order valence-electron chi connectivity index (χ4n) is 2.37. The van der Waals surface area contributed by atoms with Crippen LogP contribution in [0.25, 0.3) is 0 Å². The van der Waals surface area contributed by atoms with Gasteiger partial charge in [0.2, 0.25) is 0 Å². The Kier molecular flexibility index (Phi) is 34.1. The van der Waals surface area contributed by atoms with Crippen molar-refractivity contribution in [1.29, 1.82) is 0 Å². The molecule has 1 heteroatoms. The molecule has 1 rings (SSSR count). The predicted molar refractivity (Wildman–Crippen MR) is 110 cm³/mol. The Morgan fingerprint density at radius 3 is 1.83 bits per heavy atom. The first-order valence-corrected chi connectivity index (χ1v) is 10.1. The maximum Gasteiger partial charge on any atom is 0.165 e. The summed E-state index contributed by atoms with van der Waals surface area (Å²) in [5.74, 6) is 0.915. The van der Waals surface area contributed by atoms with Crippen LogP contribution in [0.3, 0.4) is 0 Å². The van der Waals surface area contributed by atoms with Gasteiger partial charge in [-0.3, -0.25) is 4.79 Å². The number of ketones is 1. The Hall–Kier alpha value is -0.850. The van der Waals surface area contributed by atoms with Crippen molar-refractivity contribution in [3.05, 3.63) is 24.3 Å². The number of carbonyl (C=O) groups is 1. The van der Waals surface area contributed by atoms with Crippen LogP contribution in [0.4, 0.5) is 0 Å². The standard InChI is InChI=1S/C14H22O.4C2H6/c1-4-7-9-12-10-11(6-3)14(15)13(12)8-5-2;4*1-2/h6,8,11-12H,3-5,7,9-10H2,1-2H3;4*1-2H3/b13-8+;;;;. The number of Topliss-reactive ketones (excluding diaryl/α,β-unsaturated/α-hetero) is 1. The second-order valence-corrected chi connectivity index (χ2v) is 4.35. The second-order valence-electron chi connectivity index (χ2n) is 4.35. The van der Waals surface area contributed by atoms with E-state index in [4.69, 9.17) is 0 Å². The molecule has 0 aromatic heterocycles. The van der Waals surface area contributed by atoms with Gasteiger partial charge in [-0.1, -0.05) is 94.2 Å². The van der Waals surface area contributed by atoms with Crippen LogP contribution >= 0.6 is 0 Å². The molecule has 0 N–H and O–H groups in total. The van der Waals surface area contributed by atoms with Crippen LogP contribution in [0, 0.1) is 11.8 Å². The molecule has 0 aromatic rings. The highest BCUT2D eigenvalue weighted by Gasteiger charge is 2.34. The van der Waals surface area contributed by atoms with Gasteiger partial charge < -0.3 is 0 Å². The molecule has 0 spiro atoms. The van der Waals surface area contributed by atoms with Gasteiger partial charge in [0.25, 0.3) is 0 Å². The van der Waals surface area contributed by atoms with E-state index in [1.807, 2.05) is 61.5 Å². The van der Waals surface area contributed by atoms with E-state index in [0.29, 0.717) is 11.7 Å². The lowest BCUT2D eigenvalue weighted by Crippen LogP contribution is -2.04. The third kappa shape index (κ3) is 13.3. The lowest BCUT2D eigenvalue weighted by atomic mass is 9.95. The number of carbonyl (C=O) groups excluding carboxylic acids is 1. The van der Waals surface area contributed by atoms with Gasteiger partial charge in [-0.25, -0.2) is 0 Å². The van der Waals surface area contributed by atoms with E-state index in [2.05, 4.69) is 26.5 Å². The SMILES string of the molecule is C=CC1CC(CCCC)/C(=C\CC)C1=O.CC.CC.CC.CC. The molecule has 1 aliphatic carbocycles. The molecular weight excluding hydrogens is 280 g/mol. The Balaban J connectivity index is -0.000000196. The summed E-state index contributed by atoms with van der Waals surface area (Å²) < 4.78 is 0. The van der Waals surface area contributed by atoms with E-state index < -0.39 is 0 Å². The molecule has 23 heavy (non-hydrogen) atoms. The van der Waals surface area contributed by atoms with Gasteiger partial charge >= 0.3 is 0 Å². The normalized spacial score (nSPS) is 19.7. The Morgan fingerprint density at radius 1 is 1.00 bits per heavy atom. The summed E-state index contributed by atoms with van der Waals surface area (Å²) in [6, 6.07) is 0. The lowest BCUT2D eigenvalue weighted by Gasteiger charge is -2.09. The van der Waals surface area contributed by atoms with Crippen LogP contribution in [0.5, 0.6) is 0 Å². The minimum atomic E-state index is 0.0876. The fraction of sp³-hybridized carbons (Fsp3) is 0.773. The molecule has 0 aliphatic heterocycles. The van der Waals surface area contributed by atoms with E-state index in [0.717, 1.165) is 18.4 Å². The highest BCUT2D eigenvalue weighted by Crippen LogP contribution is 2.36. The number of rotatable bonds is 5. The Morgan fingerprint density at radius 2 is 1.48 bits per heavy atom. The van der Waals surface area contributed by atoms with Crippen molar-refractivity contribution in [2.45, 2.75) is 101 Å². The van der Waals surface area contributed by atoms with Gasteiger partial charge in [0.15, 0.2) is 5.78 Å². The molecule has 1 fully saturated rings. The largest absolute Gasteiger partial charge is 0.294 e. The van der Waals surface area contributed by atoms with Crippen molar-refractivity contribution in [2.24, 2.45) is 11.8 Å². The molecule has 2 unspecified atom stereocenters. The van der Waals surface area contributed by atoms with Crippen molar-refractivity contribution in [3.63, 3.8) is 0 Å². The molecule has 1 nitrogen and oxygen atoms in total. The highest BCUT2D eigenvalue weighted by molar-refractivity contribution is 6.00. The van der Waals surface area contributed by atoms with Crippen LogP contribution in [0.2, 0.25) is 0 Å². The summed E-state index contributed by atoms with van der Waals surface area (Å²) in [4.78, 5) is 12.0. The molecule has 2 atom stereocenters. The van der Waals surface area contributed by atoms with Crippen LogP contribution in [0.15, 0.2) is 24.3 Å². The monoisotopic (exact) mass is 326 g/mol. The van der Waals surface area contributed by atoms with Crippen LogP contribution in [-0.4, -0.2) is 5.78 Å². The quantitative estimate of drug-likeness (QED) is 0.369. The molecule has 140 valence electrons. The van der Waals surface area contributed by atoms with Gasteiger partial charge in [-0.15, -0.1) is 6.58 Å². The van der Waals surface area contributed by atoms with E-state index in [9.17, 15) is 4.79 Å². The smallest absolute Gasteiger partial charge is 0.165 e. The zero-order valence-electron chi connectivity index (χ0n) is 18.0. The molecule has 0 radical (unpaired) electrons. The summed E-state index contributed by atoms with van der Waals surface area (Å²) in [5.41, 5.74) is 1.08. The fourth-order valence-corrected chi connectivity index (χ4v) is 2.37. The summed E-state index contributed by atoms with van der Waals surface area (Å²) in [6.45, 7) is 24.0. The number of unbranched alkanes of at least 4 members (excludes halogenated alkanes) is 1. The van der Waals surface area contributed by atoms with Crippen molar-refractivity contribution in [1.82, 2.24) is 0 Å². The van der Waals surface area contributed by atoms with Gasteiger partial charge in [-0.05, 0) is 30.8 Å². The predicted octanol–water partition coefficient (Wildman–Crippen LogP) is 8.01. The summed E-state index contributed by atoms with van der Waals surface area (Å²) in [6.07, 6.45) is 9.50. The van der Waals surface area contributed by atoms with E-state index in [1.165, 1.54) is 19.3 Å². The van der Waals surface area contributed by atoms with Crippen molar-refractivity contribution in [2.75, 3.05) is 0 Å². The third-order valence-electron chi connectivity index (χ3n) is 3.21. The topological polar surface area (TPSA) is 17.1 Å². The summed E-state index contributed by atoms with van der Waals surface area (Å²) in [7, 11) is 0. The minimum absolute atomic E-state index is 0.0876. The number of allylic oxidation sites excluding steroid dienone is 3. The first-order chi connectivity index (χ1) is 11.2. The zero-order valence-corrected chi connectivity index (χ0v) is 18.0. The Labute approximate surface area is 148 Å². The summed E-state index contributed by atoms with van der Waals surface area (Å²) in [5, 5.41) is 0. The highest BCUT2D eigenvalue weighted by atomic mass is 16.1.